The number of fused-ring (bicyclic) bond motifs is 3. The van der Waals surface area contributed by atoms with E-state index < -0.39 is 0 Å². The summed E-state index contributed by atoms with van der Waals surface area (Å²) in [5.41, 5.74) is 9.95. The first-order valence-corrected chi connectivity index (χ1v) is 14.8. The lowest BCUT2D eigenvalue weighted by Crippen LogP contribution is -2.00. The van der Waals surface area contributed by atoms with Crippen LogP contribution >= 0.6 is 0 Å². The van der Waals surface area contributed by atoms with Gasteiger partial charge in [0.25, 0.3) is 0 Å². The van der Waals surface area contributed by atoms with E-state index >= 15 is 0 Å². The van der Waals surface area contributed by atoms with E-state index in [1.165, 1.54) is 27.4 Å². The van der Waals surface area contributed by atoms with Crippen LogP contribution in [-0.2, 0) is 0 Å². The molecule has 0 saturated heterocycles. The van der Waals surface area contributed by atoms with E-state index in [4.69, 9.17) is 15.0 Å². The molecule has 0 bridgehead atoms. The maximum atomic E-state index is 4.91. The molecule has 208 valence electrons. The zero-order chi connectivity index (χ0) is 29.5. The van der Waals surface area contributed by atoms with Gasteiger partial charge in [0, 0.05) is 33.0 Å². The Morgan fingerprint density at radius 2 is 0.909 bits per heavy atom. The zero-order valence-electron chi connectivity index (χ0n) is 24.2. The number of rotatable bonds is 5. The number of nitrogens with zero attached hydrogens (tertiary/aromatic N) is 4. The molecule has 6 aromatic carbocycles. The lowest BCUT2D eigenvalue weighted by atomic mass is 10.0. The van der Waals surface area contributed by atoms with Gasteiger partial charge in [-0.05, 0) is 36.8 Å². The fraction of sp³-hybridized carbons (Fsp3) is 0.0250. The van der Waals surface area contributed by atoms with Crippen LogP contribution in [0.2, 0.25) is 0 Å². The monoisotopic (exact) mass is 564 g/mol. The third-order valence-electron chi connectivity index (χ3n) is 8.13. The molecule has 0 N–H and O–H groups in total. The van der Waals surface area contributed by atoms with Crippen molar-refractivity contribution in [2.45, 2.75) is 6.92 Å². The molecule has 8 aromatic rings. The molecule has 0 saturated carbocycles. The van der Waals surface area contributed by atoms with Gasteiger partial charge in [-0.1, -0.05) is 133 Å². The summed E-state index contributed by atoms with van der Waals surface area (Å²) in [7, 11) is 0. The van der Waals surface area contributed by atoms with Crippen LogP contribution < -0.4 is 0 Å². The lowest BCUT2D eigenvalue weighted by Gasteiger charge is -2.14. The lowest BCUT2D eigenvalue weighted by molar-refractivity contribution is 1.07. The van der Waals surface area contributed by atoms with Crippen LogP contribution in [0, 0.1) is 6.92 Å². The Balaban J connectivity index is 1.25. The molecular weight excluding hydrogens is 536 g/mol. The van der Waals surface area contributed by atoms with Gasteiger partial charge in [-0.3, -0.25) is 0 Å². The second-order valence-electron chi connectivity index (χ2n) is 11.0. The number of hydrogen-bond acceptors (Lipinski definition) is 3. The fourth-order valence-corrected chi connectivity index (χ4v) is 6.00. The van der Waals surface area contributed by atoms with Crippen molar-refractivity contribution in [2.24, 2.45) is 0 Å². The Bertz CT molecular complexity index is 2210. The summed E-state index contributed by atoms with van der Waals surface area (Å²) in [6, 6.07) is 52.7. The maximum Gasteiger partial charge on any atom is 0.164 e. The standard InChI is InChI=1S/C40H28N4/c1-27-20-25-37-34(26-27)33-17-9-11-19-36(33)44(37)35-18-10-8-16-32(35)28-21-23-31(24-22-28)40-42-38(29-12-4-2-5-13-29)41-39(43-40)30-14-6-3-7-15-30/h2-26H,1H3. The van der Waals surface area contributed by atoms with Crippen LogP contribution in [-0.4, -0.2) is 19.5 Å². The Kier molecular flexibility index (Phi) is 6.31. The summed E-state index contributed by atoms with van der Waals surface area (Å²) in [5, 5.41) is 2.53. The molecule has 0 atom stereocenters. The van der Waals surface area contributed by atoms with Crippen LogP contribution in [0.1, 0.15) is 5.56 Å². The van der Waals surface area contributed by atoms with Crippen LogP contribution in [0.15, 0.2) is 152 Å². The molecule has 0 aliphatic rings. The van der Waals surface area contributed by atoms with E-state index in [9.17, 15) is 0 Å². The first kappa shape index (κ1) is 25.8. The van der Waals surface area contributed by atoms with Gasteiger partial charge in [-0.2, -0.15) is 0 Å². The van der Waals surface area contributed by atoms with Gasteiger partial charge in [0.05, 0.1) is 16.7 Å². The van der Waals surface area contributed by atoms with Gasteiger partial charge in [-0.15, -0.1) is 0 Å². The van der Waals surface area contributed by atoms with Gasteiger partial charge in [0.15, 0.2) is 17.5 Å². The Morgan fingerprint density at radius 1 is 0.409 bits per heavy atom. The highest BCUT2D eigenvalue weighted by atomic mass is 15.0. The largest absolute Gasteiger partial charge is 0.309 e. The molecule has 8 rings (SSSR count). The second-order valence-corrected chi connectivity index (χ2v) is 11.0. The molecular formula is C40H28N4. The van der Waals surface area contributed by atoms with E-state index in [-0.39, 0.29) is 0 Å². The molecule has 0 fully saturated rings. The SMILES string of the molecule is Cc1ccc2c(c1)c1ccccc1n2-c1ccccc1-c1ccc(-c2nc(-c3ccccc3)nc(-c3ccccc3)n2)cc1. The molecule has 0 aliphatic heterocycles. The van der Waals surface area contributed by atoms with E-state index in [0.29, 0.717) is 17.5 Å². The fourth-order valence-electron chi connectivity index (χ4n) is 6.00. The summed E-state index contributed by atoms with van der Waals surface area (Å²) < 4.78 is 2.39. The maximum absolute atomic E-state index is 4.91. The Hall–Kier alpha value is -5.87. The molecule has 4 nitrogen and oxygen atoms in total. The summed E-state index contributed by atoms with van der Waals surface area (Å²) >= 11 is 0. The summed E-state index contributed by atoms with van der Waals surface area (Å²) in [5.74, 6) is 1.96. The van der Waals surface area contributed by atoms with Crippen LogP contribution in [0.5, 0.6) is 0 Å². The average molecular weight is 565 g/mol. The van der Waals surface area contributed by atoms with Crippen molar-refractivity contribution in [3.8, 4) is 51.0 Å². The molecule has 0 radical (unpaired) electrons. The van der Waals surface area contributed by atoms with Crippen molar-refractivity contribution >= 4 is 21.8 Å². The highest BCUT2D eigenvalue weighted by molar-refractivity contribution is 6.10. The highest BCUT2D eigenvalue weighted by Crippen LogP contribution is 2.37. The van der Waals surface area contributed by atoms with Crippen molar-refractivity contribution in [2.75, 3.05) is 0 Å². The van der Waals surface area contributed by atoms with Crippen molar-refractivity contribution in [3.05, 3.63) is 157 Å². The van der Waals surface area contributed by atoms with Gasteiger partial charge >= 0.3 is 0 Å². The van der Waals surface area contributed by atoms with Crippen LogP contribution in [0.4, 0.5) is 0 Å². The first-order valence-electron chi connectivity index (χ1n) is 14.8. The van der Waals surface area contributed by atoms with Crippen LogP contribution in [0.3, 0.4) is 0 Å². The minimum absolute atomic E-state index is 0.648. The molecule has 0 aliphatic carbocycles. The highest BCUT2D eigenvalue weighted by Gasteiger charge is 2.16. The zero-order valence-corrected chi connectivity index (χ0v) is 24.2. The van der Waals surface area contributed by atoms with Crippen molar-refractivity contribution in [3.63, 3.8) is 0 Å². The molecule has 4 heteroatoms. The van der Waals surface area contributed by atoms with Crippen molar-refractivity contribution in [1.82, 2.24) is 19.5 Å². The number of hydrogen-bond donors (Lipinski definition) is 0. The molecule has 2 aromatic heterocycles. The van der Waals surface area contributed by atoms with Gasteiger partial charge in [0.2, 0.25) is 0 Å². The normalized spacial score (nSPS) is 11.3. The molecule has 0 amide bonds. The quantitative estimate of drug-likeness (QED) is 0.209. The Morgan fingerprint density at radius 3 is 1.57 bits per heavy atom. The van der Waals surface area contributed by atoms with E-state index in [1.54, 1.807) is 0 Å². The molecule has 2 heterocycles. The molecule has 0 unspecified atom stereocenters. The van der Waals surface area contributed by atoms with E-state index in [2.05, 4.69) is 102 Å². The van der Waals surface area contributed by atoms with Gasteiger partial charge < -0.3 is 4.57 Å². The van der Waals surface area contributed by atoms with Crippen molar-refractivity contribution in [1.29, 1.82) is 0 Å². The predicted octanol–water partition coefficient (Wildman–Crippen LogP) is 9.95. The Labute approximate surface area is 256 Å². The number of aromatic nitrogens is 4. The predicted molar refractivity (Wildman–Crippen MR) is 181 cm³/mol. The number of benzene rings is 6. The van der Waals surface area contributed by atoms with E-state index in [0.717, 1.165) is 33.5 Å². The first-order chi connectivity index (χ1) is 21.7. The molecule has 0 spiro atoms. The van der Waals surface area contributed by atoms with Gasteiger partial charge in [0.1, 0.15) is 0 Å². The summed E-state index contributed by atoms with van der Waals surface area (Å²) in [4.78, 5) is 14.7. The number of aryl methyl sites for hydroxylation is 1. The van der Waals surface area contributed by atoms with Gasteiger partial charge in [-0.25, -0.2) is 15.0 Å². The molecule has 44 heavy (non-hydrogen) atoms. The topological polar surface area (TPSA) is 43.6 Å². The summed E-state index contributed by atoms with van der Waals surface area (Å²) in [6.45, 7) is 2.15. The third kappa shape index (κ3) is 4.54. The van der Waals surface area contributed by atoms with E-state index in [1.807, 2.05) is 60.7 Å². The van der Waals surface area contributed by atoms with Crippen LogP contribution in [0.25, 0.3) is 72.8 Å². The minimum Gasteiger partial charge on any atom is -0.309 e. The smallest absolute Gasteiger partial charge is 0.164 e. The third-order valence-corrected chi connectivity index (χ3v) is 8.13. The summed E-state index contributed by atoms with van der Waals surface area (Å²) in [6.07, 6.45) is 0. The van der Waals surface area contributed by atoms with Crippen molar-refractivity contribution < 1.29 is 0 Å². The average Bonchev–Trinajstić information content (AvgIpc) is 3.42. The second kappa shape index (κ2) is 10.8. The number of para-hydroxylation sites is 2. The minimum atomic E-state index is 0.648.